The summed E-state index contributed by atoms with van der Waals surface area (Å²) >= 11 is 0. The van der Waals surface area contributed by atoms with Gasteiger partial charge in [0.05, 0.1) is 0 Å². The van der Waals surface area contributed by atoms with Gasteiger partial charge in [-0.15, -0.1) is 0 Å². The van der Waals surface area contributed by atoms with Crippen molar-refractivity contribution in [2.24, 2.45) is 0 Å². The van der Waals surface area contributed by atoms with Crippen LogP contribution in [0.15, 0.2) is 29.8 Å². The smallest absolute Gasteiger partial charge is 0.115 e. The normalized spacial score (nSPS) is 28.9. The van der Waals surface area contributed by atoms with Gasteiger partial charge in [-0.05, 0) is 68.3 Å². The first-order valence-electron chi connectivity index (χ1n) is 7.68. The fourth-order valence-electron chi connectivity index (χ4n) is 3.87. The number of fused-ring (bicyclic) bond motifs is 4. The van der Waals surface area contributed by atoms with Crippen LogP contribution in [-0.4, -0.2) is 29.1 Å². The van der Waals surface area contributed by atoms with Gasteiger partial charge < -0.3 is 5.11 Å². The van der Waals surface area contributed by atoms with Crippen molar-refractivity contribution in [1.82, 2.24) is 4.90 Å². The summed E-state index contributed by atoms with van der Waals surface area (Å²) in [6.07, 6.45) is 5.88. The van der Waals surface area contributed by atoms with E-state index >= 15 is 0 Å². The first-order chi connectivity index (χ1) is 9.48. The zero-order valence-electron chi connectivity index (χ0n) is 12.8. The molecule has 1 aliphatic heterocycles. The molecule has 108 valence electrons. The fraction of sp³-hybridized carbons (Fsp3) is 0.556. The number of hydrogen-bond acceptors (Lipinski definition) is 2. The predicted octanol–water partition coefficient (Wildman–Crippen LogP) is 3.64. The van der Waals surface area contributed by atoms with Gasteiger partial charge in [-0.2, -0.15) is 0 Å². The molecule has 20 heavy (non-hydrogen) atoms. The van der Waals surface area contributed by atoms with E-state index in [0.29, 0.717) is 11.8 Å². The Hall–Kier alpha value is -1.28. The minimum atomic E-state index is 0.248. The van der Waals surface area contributed by atoms with E-state index in [0.717, 1.165) is 13.0 Å². The maximum Gasteiger partial charge on any atom is 0.115 e. The van der Waals surface area contributed by atoms with Crippen molar-refractivity contribution in [3.05, 3.63) is 41.0 Å². The van der Waals surface area contributed by atoms with Crippen molar-refractivity contribution in [3.63, 3.8) is 0 Å². The summed E-state index contributed by atoms with van der Waals surface area (Å²) in [6.45, 7) is 8.96. The maximum atomic E-state index is 9.78. The predicted molar refractivity (Wildman–Crippen MR) is 83.2 cm³/mol. The first kappa shape index (κ1) is 13.7. The standard InChI is InChI=1S/C18H25NO/c1-13(2)6-8-19-9-7-18(3)12-15(19)10-14-4-5-16(20)11-17(14)18/h4-6,11,15,20H,7-10,12H2,1-3H3/t15-,18-/m1/s1. The third-order valence-electron chi connectivity index (χ3n) is 5.09. The van der Waals surface area contributed by atoms with E-state index in [4.69, 9.17) is 0 Å². The van der Waals surface area contributed by atoms with Crippen LogP contribution in [0.1, 0.15) is 44.7 Å². The number of phenols is 1. The lowest BCUT2D eigenvalue weighted by Gasteiger charge is -2.49. The largest absolute Gasteiger partial charge is 0.508 e. The summed E-state index contributed by atoms with van der Waals surface area (Å²) in [7, 11) is 0. The van der Waals surface area contributed by atoms with Crippen molar-refractivity contribution in [2.45, 2.75) is 51.5 Å². The van der Waals surface area contributed by atoms with Crippen LogP contribution >= 0.6 is 0 Å². The number of allylic oxidation sites excluding steroid dienone is 1. The molecule has 0 spiro atoms. The molecule has 0 radical (unpaired) electrons. The molecule has 1 fully saturated rings. The van der Waals surface area contributed by atoms with Crippen molar-refractivity contribution >= 4 is 0 Å². The topological polar surface area (TPSA) is 23.5 Å². The lowest BCUT2D eigenvalue weighted by Crippen LogP contribution is -2.52. The molecule has 0 saturated carbocycles. The Morgan fingerprint density at radius 3 is 3.00 bits per heavy atom. The Morgan fingerprint density at radius 2 is 2.25 bits per heavy atom. The van der Waals surface area contributed by atoms with Gasteiger partial charge in [-0.3, -0.25) is 4.90 Å². The molecule has 1 saturated heterocycles. The Kier molecular flexibility index (Phi) is 3.37. The van der Waals surface area contributed by atoms with Crippen LogP contribution in [0.25, 0.3) is 0 Å². The molecule has 1 heterocycles. The van der Waals surface area contributed by atoms with E-state index in [1.54, 1.807) is 0 Å². The Bertz CT molecular complexity index is 544. The number of phenolic OH excluding ortho intramolecular Hbond substituents is 1. The molecule has 2 nitrogen and oxygen atoms in total. The van der Waals surface area contributed by atoms with Crippen LogP contribution in [0.3, 0.4) is 0 Å². The Balaban J connectivity index is 1.88. The van der Waals surface area contributed by atoms with Crippen LogP contribution in [0.2, 0.25) is 0 Å². The monoisotopic (exact) mass is 271 g/mol. The molecule has 1 aromatic rings. The third-order valence-corrected chi connectivity index (χ3v) is 5.09. The highest BCUT2D eigenvalue weighted by atomic mass is 16.3. The number of likely N-dealkylation sites (tertiary alicyclic amines) is 1. The molecular weight excluding hydrogens is 246 g/mol. The molecule has 2 aliphatic rings. The van der Waals surface area contributed by atoms with Crippen LogP contribution in [0.4, 0.5) is 0 Å². The highest BCUT2D eigenvalue weighted by Gasteiger charge is 2.42. The zero-order valence-corrected chi connectivity index (χ0v) is 12.8. The summed E-state index contributed by atoms with van der Waals surface area (Å²) in [6, 6.07) is 6.61. The van der Waals surface area contributed by atoms with Crippen molar-refractivity contribution < 1.29 is 5.11 Å². The molecule has 2 heteroatoms. The Morgan fingerprint density at radius 1 is 1.45 bits per heavy atom. The van der Waals surface area contributed by atoms with E-state index in [-0.39, 0.29) is 5.41 Å². The molecule has 0 amide bonds. The minimum Gasteiger partial charge on any atom is -0.508 e. The van der Waals surface area contributed by atoms with E-state index < -0.39 is 0 Å². The number of nitrogens with zero attached hydrogens (tertiary/aromatic N) is 1. The summed E-state index contributed by atoms with van der Waals surface area (Å²) < 4.78 is 0. The Labute approximate surface area is 122 Å². The number of benzene rings is 1. The SMILES string of the molecule is CC(C)=CCN1CC[C@]2(C)C[C@H]1Cc1ccc(O)cc12. The molecular formula is C18H25NO. The number of piperidine rings is 1. The molecule has 1 N–H and O–H groups in total. The number of rotatable bonds is 2. The van der Waals surface area contributed by atoms with Gasteiger partial charge in [0.15, 0.2) is 0 Å². The molecule has 1 aromatic carbocycles. The van der Waals surface area contributed by atoms with E-state index in [9.17, 15) is 5.11 Å². The summed E-state index contributed by atoms with van der Waals surface area (Å²) in [5.74, 6) is 0.412. The molecule has 0 unspecified atom stereocenters. The third kappa shape index (κ3) is 2.37. The van der Waals surface area contributed by atoms with Gasteiger partial charge in [0, 0.05) is 12.6 Å². The molecule has 0 aromatic heterocycles. The quantitative estimate of drug-likeness (QED) is 0.830. The van der Waals surface area contributed by atoms with E-state index in [2.05, 4.69) is 37.8 Å². The van der Waals surface area contributed by atoms with Gasteiger partial charge >= 0.3 is 0 Å². The zero-order chi connectivity index (χ0) is 14.3. The lowest BCUT2D eigenvalue weighted by atomic mass is 9.65. The lowest BCUT2D eigenvalue weighted by molar-refractivity contribution is 0.0985. The van der Waals surface area contributed by atoms with Crippen molar-refractivity contribution in [2.75, 3.05) is 13.1 Å². The highest BCUT2D eigenvalue weighted by molar-refractivity contribution is 5.43. The number of aromatic hydroxyl groups is 1. The maximum absolute atomic E-state index is 9.78. The summed E-state index contributed by atoms with van der Waals surface area (Å²) in [5.41, 5.74) is 4.47. The van der Waals surface area contributed by atoms with Crippen LogP contribution < -0.4 is 0 Å². The average molecular weight is 271 g/mol. The average Bonchev–Trinajstić information content (AvgIpc) is 2.39. The number of hydrogen-bond donors (Lipinski definition) is 1. The second-order valence-electron chi connectivity index (χ2n) is 6.99. The van der Waals surface area contributed by atoms with Gasteiger partial charge in [0.2, 0.25) is 0 Å². The molecule has 3 rings (SSSR count). The van der Waals surface area contributed by atoms with Crippen LogP contribution in [-0.2, 0) is 11.8 Å². The minimum absolute atomic E-state index is 0.248. The van der Waals surface area contributed by atoms with E-state index in [1.165, 1.54) is 36.1 Å². The van der Waals surface area contributed by atoms with Crippen LogP contribution in [0, 0.1) is 0 Å². The van der Waals surface area contributed by atoms with Crippen LogP contribution in [0.5, 0.6) is 5.75 Å². The second kappa shape index (κ2) is 4.92. The summed E-state index contributed by atoms with van der Waals surface area (Å²) in [4.78, 5) is 2.63. The fourth-order valence-corrected chi connectivity index (χ4v) is 3.87. The van der Waals surface area contributed by atoms with E-state index in [1.807, 2.05) is 12.1 Å². The van der Waals surface area contributed by atoms with Gasteiger partial charge in [-0.1, -0.05) is 24.6 Å². The van der Waals surface area contributed by atoms with Crippen molar-refractivity contribution in [1.29, 1.82) is 0 Å². The molecule has 1 aliphatic carbocycles. The molecule has 2 bridgehead atoms. The summed E-state index contributed by atoms with van der Waals surface area (Å²) in [5, 5.41) is 9.78. The second-order valence-corrected chi connectivity index (χ2v) is 6.99. The van der Waals surface area contributed by atoms with Gasteiger partial charge in [0.25, 0.3) is 0 Å². The van der Waals surface area contributed by atoms with Gasteiger partial charge in [-0.25, -0.2) is 0 Å². The van der Waals surface area contributed by atoms with Gasteiger partial charge in [0.1, 0.15) is 5.75 Å². The highest BCUT2D eigenvalue weighted by Crippen LogP contribution is 2.45. The first-order valence-corrected chi connectivity index (χ1v) is 7.68. The molecule has 2 atom stereocenters. The van der Waals surface area contributed by atoms with Crippen molar-refractivity contribution in [3.8, 4) is 5.75 Å².